The Morgan fingerprint density at radius 2 is 1.62 bits per heavy atom. The molecule has 0 atom stereocenters. The van der Waals surface area contributed by atoms with Crippen molar-refractivity contribution in [3.05, 3.63) is 106 Å². The number of amides is 1. The Hall–Kier alpha value is -3.39. The molecular formula is C28H28N2O2. The van der Waals surface area contributed by atoms with Crippen molar-refractivity contribution in [1.82, 2.24) is 4.90 Å². The highest BCUT2D eigenvalue weighted by atomic mass is 16.3. The molecule has 32 heavy (non-hydrogen) atoms. The smallest absolute Gasteiger partial charge is 0.253 e. The SMILES string of the molecule is NCc1cccc(C2CCN(C(=O)c3cccc(C#Cc4ccc(CO)cc4)c3)CC2)c1. The summed E-state index contributed by atoms with van der Waals surface area (Å²) in [5.41, 5.74) is 11.5. The Kier molecular flexibility index (Phi) is 7.01. The summed E-state index contributed by atoms with van der Waals surface area (Å²) in [6.07, 6.45) is 1.92. The summed E-state index contributed by atoms with van der Waals surface area (Å²) in [5, 5.41) is 9.14. The molecule has 3 aromatic carbocycles. The largest absolute Gasteiger partial charge is 0.392 e. The van der Waals surface area contributed by atoms with Crippen LogP contribution in [-0.4, -0.2) is 29.0 Å². The number of piperidine rings is 1. The fourth-order valence-electron chi connectivity index (χ4n) is 4.14. The van der Waals surface area contributed by atoms with E-state index in [0.717, 1.165) is 48.2 Å². The first kappa shape index (κ1) is 21.8. The van der Waals surface area contributed by atoms with Gasteiger partial charge in [-0.1, -0.05) is 54.3 Å². The number of rotatable bonds is 4. The zero-order valence-electron chi connectivity index (χ0n) is 18.1. The van der Waals surface area contributed by atoms with Gasteiger partial charge >= 0.3 is 0 Å². The maximum atomic E-state index is 13.1. The molecule has 1 aliphatic rings. The molecule has 3 N–H and O–H groups in total. The summed E-state index contributed by atoms with van der Waals surface area (Å²) in [6.45, 7) is 2.08. The fourth-order valence-corrected chi connectivity index (χ4v) is 4.14. The van der Waals surface area contributed by atoms with Gasteiger partial charge in [0.05, 0.1) is 6.61 Å². The molecule has 1 aliphatic heterocycles. The summed E-state index contributed by atoms with van der Waals surface area (Å²) in [4.78, 5) is 15.0. The van der Waals surface area contributed by atoms with Crippen molar-refractivity contribution in [3.8, 4) is 11.8 Å². The second kappa shape index (κ2) is 10.3. The zero-order valence-corrected chi connectivity index (χ0v) is 18.1. The van der Waals surface area contributed by atoms with Gasteiger partial charge in [-0.3, -0.25) is 4.79 Å². The Morgan fingerprint density at radius 1 is 0.906 bits per heavy atom. The van der Waals surface area contributed by atoms with Gasteiger partial charge in [0.2, 0.25) is 0 Å². The average Bonchev–Trinajstić information content (AvgIpc) is 2.87. The van der Waals surface area contributed by atoms with Gasteiger partial charge < -0.3 is 15.7 Å². The second-order valence-corrected chi connectivity index (χ2v) is 8.20. The van der Waals surface area contributed by atoms with Crippen LogP contribution < -0.4 is 5.73 Å². The van der Waals surface area contributed by atoms with Crippen LogP contribution in [0.3, 0.4) is 0 Å². The Morgan fingerprint density at radius 3 is 2.34 bits per heavy atom. The number of aliphatic hydroxyl groups excluding tert-OH is 1. The molecule has 4 nitrogen and oxygen atoms in total. The van der Waals surface area contributed by atoms with Crippen molar-refractivity contribution in [3.63, 3.8) is 0 Å². The van der Waals surface area contributed by atoms with Crippen molar-refractivity contribution in [2.24, 2.45) is 5.73 Å². The molecule has 0 unspecified atom stereocenters. The minimum atomic E-state index is 0.0230. The third-order valence-corrected chi connectivity index (χ3v) is 6.04. The van der Waals surface area contributed by atoms with E-state index >= 15 is 0 Å². The predicted octanol–water partition coefficient (Wildman–Crippen LogP) is 4.06. The molecular weight excluding hydrogens is 396 g/mol. The average molecular weight is 425 g/mol. The van der Waals surface area contributed by atoms with Crippen molar-refractivity contribution in [2.45, 2.75) is 31.9 Å². The van der Waals surface area contributed by atoms with E-state index in [4.69, 9.17) is 10.8 Å². The van der Waals surface area contributed by atoms with Gasteiger partial charge in [-0.2, -0.15) is 0 Å². The fraction of sp³-hybridized carbons (Fsp3) is 0.250. The van der Waals surface area contributed by atoms with Crippen LogP contribution >= 0.6 is 0 Å². The number of carbonyl (C=O) groups excluding carboxylic acids is 1. The van der Waals surface area contributed by atoms with Crippen molar-refractivity contribution in [2.75, 3.05) is 13.1 Å². The van der Waals surface area contributed by atoms with E-state index in [1.165, 1.54) is 5.56 Å². The van der Waals surface area contributed by atoms with E-state index in [1.54, 1.807) is 0 Å². The molecule has 1 saturated heterocycles. The van der Waals surface area contributed by atoms with Crippen molar-refractivity contribution in [1.29, 1.82) is 0 Å². The molecule has 4 heteroatoms. The number of likely N-dealkylation sites (tertiary alicyclic amines) is 1. The minimum Gasteiger partial charge on any atom is -0.392 e. The van der Waals surface area contributed by atoms with Gasteiger partial charge in [0, 0.05) is 36.3 Å². The van der Waals surface area contributed by atoms with Crippen molar-refractivity contribution >= 4 is 5.91 Å². The number of nitrogens with zero attached hydrogens (tertiary/aromatic N) is 1. The number of aliphatic hydroxyl groups is 1. The van der Waals surface area contributed by atoms with E-state index in [9.17, 15) is 4.79 Å². The van der Waals surface area contributed by atoms with Crippen LogP contribution in [0.15, 0.2) is 72.8 Å². The highest BCUT2D eigenvalue weighted by Gasteiger charge is 2.24. The number of hydrogen-bond acceptors (Lipinski definition) is 3. The van der Waals surface area contributed by atoms with Crippen LogP contribution in [0.1, 0.15) is 56.9 Å². The summed E-state index contributed by atoms with van der Waals surface area (Å²) in [7, 11) is 0. The van der Waals surface area contributed by atoms with Gasteiger partial charge in [-0.15, -0.1) is 0 Å². The zero-order chi connectivity index (χ0) is 22.3. The van der Waals surface area contributed by atoms with E-state index in [-0.39, 0.29) is 12.5 Å². The van der Waals surface area contributed by atoms with Crippen LogP contribution in [0.5, 0.6) is 0 Å². The Balaban J connectivity index is 1.40. The van der Waals surface area contributed by atoms with E-state index < -0.39 is 0 Å². The highest BCUT2D eigenvalue weighted by molar-refractivity contribution is 5.94. The summed E-state index contributed by atoms with van der Waals surface area (Å²) in [6, 6.07) is 23.5. The first-order valence-corrected chi connectivity index (χ1v) is 11.1. The first-order valence-electron chi connectivity index (χ1n) is 11.1. The van der Waals surface area contributed by atoms with Crippen molar-refractivity contribution < 1.29 is 9.90 Å². The lowest BCUT2D eigenvalue weighted by atomic mass is 9.88. The summed E-state index contributed by atoms with van der Waals surface area (Å²) >= 11 is 0. The molecule has 4 rings (SSSR count). The maximum absolute atomic E-state index is 13.1. The standard InChI is InChI=1S/C28H28N2O2/c29-19-24-4-2-5-26(18-24)25-13-15-30(16-14-25)28(32)27-6-1-3-22(17-27)10-7-21-8-11-23(20-31)12-9-21/h1-6,8-9,11-12,17-18,25,31H,13-16,19-20,29H2. The molecule has 1 amide bonds. The van der Waals surface area contributed by atoms with E-state index in [2.05, 4.69) is 36.1 Å². The van der Waals surface area contributed by atoms with Gasteiger partial charge in [0.1, 0.15) is 0 Å². The second-order valence-electron chi connectivity index (χ2n) is 8.20. The first-order chi connectivity index (χ1) is 15.7. The molecule has 162 valence electrons. The molecule has 0 spiro atoms. The molecule has 3 aromatic rings. The van der Waals surface area contributed by atoms with Crippen LogP contribution in [0.25, 0.3) is 0 Å². The molecule has 0 radical (unpaired) electrons. The lowest BCUT2D eigenvalue weighted by Crippen LogP contribution is -2.37. The van der Waals surface area contributed by atoms with E-state index in [1.807, 2.05) is 53.4 Å². The third kappa shape index (κ3) is 5.26. The lowest BCUT2D eigenvalue weighted by molar-refractivity contribution is 0.0713. The normalized spacial score (nSPS) is 14.0. The quantitative estimate of drug-likeness (QED) is 0.621. The molecule has 0 saturated carbocycles. The molecule has 1 fully saturated rings. The van der Waals surface area contributed by atoms with Crippen LogP contribution in [0.2, 0.25) is 0 Å². The van der Waals surface area contributed by atoms with Gasteiger partial charge in [-0.25, -0.2) is 0 Å². The third-order valence-electron chi connectivity index (χ3n) is 6.04. The number of hydrogen-bond donors (Lipinski definition) is 2. The molecule has 0 aromatic heterocycles. The van der Waals surface area contributed by atoms with E-state index in [0.29, 0.717) is 18.0 Å². The lowest BCUT2D eigenvalue weighted by Gasteiger charge is -2.32. The molecule has 1 heterocycles. The highest BCUT2D eigenvalue weighted by Crippen LogP contribution is 2.29. The van der Waals surface area contributed by atoms with Gasteiger partial charge in [0.25, 0.3) is 5.91 Å². The van der Waals surface area contributed by atoms with Crippen LogP contribution in [-0.2, 0) is 13.2 Å². The maximum Gasteiger partial charge on any atom is 0.253 e. The number of carbonyl (C=O) groups is 1. The molecule has 0 aliphatic carbocycles. The minimum absolute atomic E-state index is 0.0230. The number of benzene rings is 3. The summed E-state index contributed by atoms with van der Waals surface area (Å²) in [5.74, 6) is 6.81. The Bertz CT molecular complexity index is 1130. The summed E-state index contributed by atoms with van der Waals surface area (Å²) < 4.78 is 0. The van der Waals surface area contributed by atoms with Gasteiger partial charge in [-0.05, 0) is 65.8 Å². The number of nitrogens with two attached hydrogens (primary N) is 1. The monoisotopic (exact) mass is 424 g/mol. The van der Waals surface area contributed by atoms with Gasteiger partial charge in [0.15, 0.2) is 0 Å². The van der Waals surface area contributed by atoms with Crippen LogP contribution in [0.4, 0.5) is 0 Å². The predicted molar refractivity (Wildman–Crippen MR) is 127 cm³/mol. The Labute approximate surface area is 189 Å². The molecule has 0 bridgehead atoms. The van der Waals surface area contributed by atoms with Crippen LogP contribution in [0, 0.1) is 11.8 Å². The topological polar surface area (TPSA) is 66.6 Å².